The van der Waals surface area contributed by atoms with Gasteiger partial charge in [-0.3, -0.25) is 9.59 Å². The highest BCUT2D eigenvalue weighted by Crippen LogP contribution is 2.36. The van der Waals surface area contributed by atoms with Crippen molar-refractivity contribution in [2.24, 2.45) is 5.73 Å². The second-order valence-electron chi connectivity index (χ2n) is 5.64. The van der Waals surface area contributed by atoms with Crippen molar-refractivity contribution in [2.75, 3.05) is 19.1 Å². The predicted octanol–water partition coefficient (Wildman–Crippen LogP) is 1.70. The molecule has 1 aliphatic carbocycles. The molecule has 0 aromatic heterocycles. The van der Waals surface area contributed by atoms with Gasteiger partial charge in [-0.05, 0) is 31.3 Å². The Kier molecular flexibility index (Phi) is 6.82. The molecule has 1 aliphatic rings. The number of aliphatic carboxylic acids is 1. The molecule has 3 N–H and O–H groups in total. The van der Waals surface area contributed by atoms with Gasteiger partial charge in [0.05, 0.1) is 18.0 Å². The highest BCUT2D eigenvalue weighted by molar-refractivity contribution is 7.98. The Hall–Kier alpha value is -0.750. The third kappa shape index (κ3) is 4.38. The minimum absolute atomic E-state index is 0.0183. The molecule has 1 amide bonds. The Balaban J connectivity index is 2.78. The fraction of sp³-hybridized carbons (Fsp3) is 0.857. The summed E-state index contributed by atoms with van der Waals surface area (Å²) in [6.45, 7) is 0. The van der Waals surface area contributed by atoms with Crippen molar-refractivity contribution in [2.45, 2.75) is 56.5 Å². The number of carbonyl (C=O) groups is 2. The zero-order chi connectivity index (χ0) is 15.2. The second-order valence-corrected chi connectivity index (χ2v) is 6.63. The number of carboxylic acid groups (broad SMARTS) is 1. The second kappa shape index (κ2) is 7.88. The molecule has 1 atom stereocenters. The predicted molar refractivity (Wildman–Crippen MR) is 81.8 cm³/mol. The fourth-order valence-corrected chi connectivity index (χ4v) is 3.46. The normalized spacial score (nSPS) is 19.4. The molecular formula is C14H26N2O3S. The molecule has 0 bridgehead atoms. The number of nitrogens with two attached hydrogens (primary N) is 1. The molecular weight excluding hydrogens is 276 g/mol. The third-order valence-electron chi connectivity index (χ3n) is 4.26. The first-order valence-electron chi connectivity index (χ1n) is 7.17. The van der Waals surface area contributed by atoms with Gasteiger partial charge in [0.2, 0.25) is 5.91 Å². The molecule has 116 valence electrons. The Morgan fingerprint density at radius 1 is 1.35 bits per heavy atom. The van der Waals surface area contributed by atoms with Gasteiger partial charge in [0.1, 0.15) is 0 Å². The Bertz CT molecular complexity index is 343. The molecule has 1 saturated carbocycles. The first kappa shape index (κ1) is 17.3. The van der Waals surface area contributed by atoms with E-state index in [4.69, 9.17) is 10.8 Å². The van der Waals surface area contributed by atoms with Crippen molar-refractivity contribution < 1.29 is 14.7 Å². The maximum absolute atomic E-state index is 12.4. The standard InChI is InChI=1S/C14H26N2O3S/c1-16(13(19)11(15)6-9-20-2)14(10-12(17)18)7-4-3-5-8-14/h11H,3-10,15H2,1-2H3,(H,17,18)/t11-/m0/s1. The molecule has 0 aromatic carbocycles. The molecule has 20 heavy (non-hydrogen) atoms. The lowest BCUT2D eigenvalue weighted by Gasteiger charge is -2.44. The number of thioether (sulfide) groups is 1. The maximum Gasteiger partial charge on any atom is 0.305 e. The van der Waals surface area contributed by atoms with E-state index in [0.717, 1.165) is 37.9 Å². The summed E-state index contributed by atoms with van der Waals surface area (Å²) in [6.07, 6.45) is 7.22. The summed E-state index contributed by atoms with van der Waals surface area (Å²) in [4.78, 5) is 25.2. The fourth-order valence-electron chi connectivity index (χ4n) is 2.97. The SMILES string of the molecule is CSCC[C@H](N)C(=O)N(C)C1(CC(=O)O)CCCCC1. The molecule has 0 aliphatic heterocycles. The number of amides is 1. The van der Waals surface area contributed by atoms with Crippen molar-refractivity contribution in [3.8, 4) is 0 Å². The quantitative estimate of drug-likeness (QED) is 0.748. The van der Waals surface area contributed by atoms with E-state index in [1.54, 1.807) is 23.7 Å². The summed E-state index contributed by atoms with van der Waals surface area (Å²) < 4.78 is 0. The minimum atomic E-state index is -0.843. The number of hydrogen-bond acceptors (Lipinski definition) is 4. The summed E-state index contributed by atoms with van der Waals surface area (Å²) in [5, 5.41) is 9.17. The van der Waals surface area contributed by atoms with Crippen molar-refractivity contribution in [3.63, 3.8) is 0 Å². The van der Waals surface area contributed by atoms with E-state index < -0.39 is 17.6 Å². The lowest BCUT2D eigenvalue weighted by molar-refractivity contribution is -0.146. The Morgan fingerprint density at radius 3 is 2.45 bits per heavy atom. The summed E-state index contributed by atoms with van der Waals surface area (Å²) in [5.41, 5.74) is 5.41. The number of carboxylic acids is 1. The monoisotopic (exact) mass is 302 g/mol. The molecule has 5 nitrogen and oxygen atoms in total. The summed E-state index contributed by atoms with van der Waals surface area (Å²) in [7, 11) is 1.72. The van der Waals surface area contributed by atoms with Crippen LogP contribution in [0.1, 0.15) is 44.9 Å². The topological polar surface area (TPSA) is 83.6 Å². The molecule has 0 aromatic rings. The van der Waals surface area contributed by atoms with Crippen molar-refractivity contribution in [3.05, 3.63) is 0 Å². The highest BCUT2D eigenvalue weighted by atomic mass is 32.2. The van der Waals surface area contributed by atoms with Crippen molar-refractivity contribution in [1.82, 2.24) is 4.90 Å². The smallest absolute Gasteiger partial charge is 0.305 e. The largest absolute Gasteiger partial charge is 0.481 e. The van der Waals surface area contributed by atoms with Gasteiger partial charge in [-0.2, -0.15) is 11.8 Å². The van der Waals surface area contributed by atoms with Crippen LogP contribution >= 0.6 is 11.8 Å². The third-order valence-corrected chi connectivity index (χ3v) is 4.90. The van der Waals surface area contributed by atoms with Gasteiger partial charge in [0.15, 0.2) is 0 Å². The first-order chi connectivity index (χ1) is 9.43. The Labute approximate surface area is 125 Å². The van der Waals surface area contributed by atoms with E-state index >= 15 is 0 Å². The van der Waals surface area contributed by atoms with Gasteiger partial charge in [0.25, 0.3) is 0 Å². The van der Waals surface area contributed by atoms with Crippen LogP contribution in [0.15, 0.2) is 0 Å². The summed E-state index contributed by atoms with van der Waals surface area (Å²) >= 11 is 1.66. The van der Waals surface area contributed by atoms with Gasteiger partial charge in [-0.25, -0.2) is 0 Å². The lowest BCUT2D eigenvalue weighted by atomic mass is 9.77. The van der Waals surface area contributed by atoms with Gasteiger partial charge < -0.3 is 15.7 Å². The molecule has 0 spiro atoms. The van der Waals surface area contributed by atoms with Crippen molar-refractivity contribution in [1.29, 1.82) is 0 Å². The number of rotatable bonds is 7. The highest BCUT2D eigenvalue weighted by Gasteiger charge is 2.41. The number of carbonyl (C=O) groups excluding carboxylic acids is 1. The average molecular weight is 302 g/mol. The van der Waals surface area contributed by atoms with E-state index in [1.165, 1.54) is 0 Å². The molecule has 0 unspecified atom stereocenters. The average Bonchev–Trinajstić information content (AvgIpc) is 2.43. The van der Waals surface area contributed by atoms with Crippen LogP contribution in [-0.2, 0) is 9.59 Å². The summed E-state index contributed by atoms with van der Waals surface area (Å²) in [6, 6.07) is -0.528. The van der Waals surface area contributed by atoms with E-state index in [1.807, 2.05) is 6.26 Å². The van der Waals surface area contributed by atoms with Crippen LogP contribution < -0.4 is 5.73 Å². The molecule has 0 heterocycles. The van der Waals surface area contributed by atoms with Crippen LogP contribution in [0.2, 0.25) is 0 Å². The number of hydrogen-bond donors (Lipinski definition) is 2. The van der Waals surface area contributed by atoms with Crippen LogP contribution in [0.4, 0.5) is 0 Å². The zero-order valence-corrected chi connectivity index (χ0v) is 13.2. The molecule has 6 heteroatoms. The molecule has 0 radical (unpaired) electrons. The number of likely N-dealkylation sites (N-methyl/N-ethyl adjacent to an activating group) is 1. The van der Waals surface area contributed by atoms with Gasteiger partial charge in [0, 0.05) is 7.05 Å². The van der Waals surface area contributed by atoms with Gasteiger partial charge in [-0.15, -0.1) is 0 Å². The van der Waals surface area contributed by atoms with E-state index in [2.05, 4.69) is 0 Å². The van der Waals surface area contributed by atoms with Crippen LogP contribution in [0.3, 0.4) is 0 Å². The molecule has 1 fully saturated rings. The van der Waals surface area contributed by atoms with E-state index in [9.17, 15) is 9.59 Å². The van der Waals surface area contributed by atoms with Crippen LogP contribution in [-0.4, -0.2) is 52.5 Å². The Morgan fingerprint density at radius 2 is 1.95 bits per heavy atom. The van der Waals surface area contributed by atoms with Crippen LogP contribution in [0, 0.1) is 0 Å². The van der Waals surface area contributed by atoms with Crippen LogP contribution in [0.5, 0.6) is 0 Å². The molecule has 1 rings (SSSR count). The zero-order valence-electron chi connectivity index (χ0n) is 12.4. The van der Waals surface area contributed by atoms with E-state index in [-0.39, 0.29) is 12.3 Å². The minimum Gasteiger partial charge on any atom is -0.481 e. The van der Waals surface area contributed by atoms with Crippen molar-refractivity contribution >= 4 is 23.6 Å². The van der Waals surface area contributed by atoms with Crippen LogP contribution in [0.25, 0.3) is 0 Å². The maximum atomic E-state index is 12.4. The molecule has 0 saturated heterocycles. The first-order valence-corrected chi connectivity index (χ1v) is 8.56. The van der Waals surface area contributed by atoms with Gasteiger partial charge >= 0.3 is 5.97 Å². The summed E-state index contributed by atoms with van der Waals surface area (Å²) in [5.74, 6) is -0.126. The number of nitrogens with zero attached hydrogens (tertiary/aromatic N) is 1. The van der Waals surface area contributed by atoms with E-state index in [0.29, 0.717) is 6.42 Å². The van der Waals surface area contributed by atoms with Gasteiger partial charge in [-0.1, -0.05) is 19.3 Å². The lowest BCUT2D eigenvalue weighted by Crippen LogP contribution is -2.56.